The summed E-state index contributed by atoms with van der Waals surface area (Å²) in [4.78, 5) is 2.34. The highest BCUT2D eigenvalue weighted by Gasteiger charge is 2.17. The zero-order valence-electron chi connectivity index (χ0n) is 10.0. The van der Waals surface area contributed by atoms with Gasteiger partial charge in [-0.15, -0.1) is 0 Å². The third-order valence-corrected chi connectivity index (χ3v) is 3.99. The average molecular weight is 273 g/mol. The van der Waals surface area contributed by atoms with Gasteiger partial charge in [0.05, 0.1) is 10.0 Å². The van der Waals surface area contributed by atoms with Crippen molar-refractivity contribution >= 4 is 28.9 Å². The predicted molar refractivity (Wildman–Crippen MR) is 75.4 cm³/mol. The van der Waals surface area contributed by atoms with Gasteiger partial charge in [-0.3, -0.25) is 0 Å². The van der Waals surface area contributed by atoms with Crippen LogP contribution in [0.3, 0.4) is 0 Å². The Labute approximate surface area is 113 Å². The number of anilines is 1. The number of hydrogen-bond acceptors (Lipinski definition) is 2. The summed E-state index contributed by atoms with van der Waals surface area (Å²) in [6.07, 6.45) is 2.54. The molecule has 17 heavy (non-hydrogen) atoms. The quantitative estimate of drug-likeness (QED) is 0.902. The highest BCUT2D eigenvalue weighted by atomic mass is 35.5. The summed E-state index contributed by atoms with van der Waals surface area (Å²) < 4.78 is 0. The molecule has 1 fully saturated rings. The smallest absolute Gasteiger partial charge is 0.0612 e. The minimum Gasteiger partial charge on any atom is -0.370 e. The number of hydrogen-bond donors (Lipinski definition) is 1. The molecule has 94 valence electrons. The zero-order chi connectivity index (χ0) is 12.3. The molecule has 1 atom stereocenters. The zero-order valence-corrected chi connectivity index (χ0v) is 11.6. The van der Waals surface area contributed by atoms with E-state index in [-0.39, 0.29) is 0 Å². The van der Waals surface area contributed by atoms with Crippen LogP contribution in [0.2, 0.25) is 10.0 Å². The van der Waals surface area contributed by atoms with Gasteiger partial charge < -0.3 is 10.2 Å². The second-order valence-electron chi connectivity index (χ2n) is 4.43. The van der Waals surface area contributed by atoms with Gasteiger partial charge in [-0.2, -0.15) is 0 Å². The first kappa shape index (κ1) is 13.0. The molecular formula is C13H18Cl2N2. The van der Waals surface area contributed by atoms with E-state index in [1.807, 2.05) is 18.2 Å². The number of rotatable bonds is 4. The van der Waals surface area contributed by atoms with Crippen molar-refractivity contribution in [2.75, 3.05) is 24.5 Å². The fourth-order valence-electron chi connectivity index (χ4n) is 2.28. The highest BCUT2D eigenvalue weighted by molar-refractivity contribution is 6.42. The topological polar surface area (TPSA) is 15.3 Å². The number of likely N-dealkylation sites (N-methyl/N-ethyl adjacent to an activating group) is 1. The molecule has 1 aliphatic heterocycles. The second-order valence-corrected chi connectivity index (χ2v) is 5.24. The lowest BCUT2D eigenvalue weighted by atomic mass is 10.2. The van der Waals surface area contributed by atoms with Crippen LogP contribution in [0.15, 0.2) is 18.2 Å². The summed E-state index contributed by atoms with van der Waals surface area (Å²) in [7, 11) is 0. The molecule has 1 unspecified atom stereocenters. The molecule has 1 saturated heterocycles. The van der Waals surface area contributed by atoms with Gasteiger partial charge in [-0.25, -0.2) is 0 Å². The lowest BCUT2D eigenvalue weighted by Crippen LogP contribution is -2.37. The van der Waals surface area contributed by atoms with Gasteiger partial charge in [0.25, 0.3) is 0 Å². The molecule has 4 heteroatoms. The van der Waals surface area contributed by atoms with E-state index in [4.69, 9.17) is 23.2 Å². The Bertz CT molecular complexity index is 376. The summed E-state index contributed by atoms with van der Waals surface area (Å²) in [6.45, 7) is 5.33. The fraction of sp³-hybridized carbons (Fsp3) is 0.538. The number of benzene rings is 1. The number of halogens is 2. The minimum absolute atomic E-state index is 0.601. The van der Waals surface area contributed by atoms with E-state index >= 15 is 0 Å². The molecule has 0 aliphatic carbocycles. The Balaban J connectivity index is 2.08. The van der Waals surface area contributed by atoms with Gasteiger partial charge in [0.15, 0.2) is 0 Å². The van der Waals surface area contributed by atoms with Crippen molar-refractivity contribution < 1.29 is 0 Å². The molecule has 1 aromatic carbocycles. The van der Waals surface area contributed by atoms with Crippen molar-refractivity contribution in [3.8, 4) is 0 Å². The Kier molecular flexibility index (Phi) is 4.55. The summed E-state index contributed by atoms with van der Waals surface area (Å²) in [6, 6.07) is 6.45. The summed E-state index contributed by atoms with van der Waals surface area (Å²) >= 11 is 12.0. The van der Waals surface area contributed by atoms with Gasteiger partial charge >= 0.3 is 0 Å². The minimum atomic E-state index is 0.601. The van der Waals surface area contributed by atoms with E-state index in [1.54, 1.807) is 0 Å². The van der Waals surface area contributed by atoms with Crippen molar-refractivity contribution in [1.82, 2.24) is 5.32 Å². The van der Waals surface area contributed by atoms with Crippen molar-refractivity contribution in [2.24, 2.45) is 0 Å². The van der Waals surface area contributed by atoms with Crippen LogP contribution in [0.1, 0.15) is 19.8 Å². The molecule has 0 spiro atoms. The second kappa shape index (κ2) is 5.94. The first-order valence-corrected chi connectivity index (χ1v) is 6.89. The third kappa shape index (κ3) is 3.27. The molecule has 0 aromatic heterocycles. The lowest BCUT2D eigenvalue weighted by Gasteiger charge is -2.26. The molecule has 1 heterocycles. The fourth-order valence-corrected chi connectivity index (χ4v) is 2.57. The first-order valence-electron chi connectivity index (χ1n) is 6.14. The molecule has 2 rings (SSSR count). The van der Waals surface area contributed by atoms with Gasteiger partial charge in [0, 0.05) is 24.8 Å². The Morgan fingerprint density at radius 2 is 2.18 bits per heavy atom. The molecule has 0 radical (unpaired) electrons. The van der Waals surface area contributed by atoms with E-state index in [2.05, 4.69) is 17.1 Å². The molecule has 0 saturated carbocycles. The molecule has 2 nitrogen and oxygen atoms in total. The van der Waals surface area contributed by atoms with Crippen LogP contribution in [0.25, 0.3) is 0 Å². The Hall–Kier alpha value is -0.440. The van der Waals surface area contributed by atoms with Gasteiger partial charge in [-0.1, -0.05) is 23.2 Å². The van der Waals surface area contributed by atoms with E-state index in [0.29, 0.717) is 16.1 Å². The van der Waals surface area contributed by atoms with E-state index in [9.17, 15) is 0 Å². The highest BCUT2D eigenvalue weighted by Crippen LogP contribution is 2.27. The summed E-state index contributed by atoms with van der Waals surface area (Å²) in [5, 5.41) is 4.76. The number of nitrogens with one attached hydrogen (secondary N) is 1. The Morgan fingerprint density at radius 1 is 1.35 bits per heavy atom. The molecular weight excluding hydrogens is 255 g/mol. The monoisotopic (exact) mass is 272 g/mol. The lowest BCUT2D eigenvalue weighted by molar-refractivity contribution is 0.587. The van der Waals surface area contributed by atoms with Gasteiger partial charge in [-0.05, 0) is 44.5 Å². The van der Waals surface area contributed by atoms with Crippen LogP contribution in [0, 0.1) is 0 Å². The number of nitrogens with zero attached hydrogens (tertiary/aromatic N) is 1. The molecule has 1 N–H and O–H groups in total. The van der Waals surface area contributed by atoms with E-state index < -0.39 is 0 Å². The van der Waals surface area contributed by atoms with Crippen LogP contribution in [0.5, 0.6) is 0 Å². The van der Waals surface area contributed by atoms with Crippen LogP contribution in [0.4, 0.5) is 5.69 Å². The standard InChI is InChI=1S/C13H18Cl2N2/c1-2-17(9-10-4-3-7-16-10)11-5-6-12(14)13(15)8-11/h5-6,8,10,16H,2-4,7,9H2,1H3. The summed E-state index contributed by atoms with van der Waals surface area (Å²) in [5.74, 6) is 0. The Morgan fingerprint density at radius 3 is 2.76 bits per heavy atom. The van der Waals surface area contributed by atoms with E-state index in [0.717, 1.165) is 25.3 Å². The predicted octanol–water partition coefficient (Wildman–Crippen LogP) is 3.57. The molecule has 0 amide bonds. The normalized spacial score (nSPS) is 19.6. The van der Waals surface area contributed by atoms with Crippen molar-refractivity contribution in [3.05, 3.63) is 28.2 Å². The third-order valence-electron chi connectivity index (χ3n) is 3.25. The van der Waals surface area contributed by atoms with Crippen LogP contribution < -0.4 is 10.2 Å². The van der Waals surface area contributed by atoms with Crippen molar-refractivity contribution in [3.63, 3.8) is 0 Å². The average Bonchev–Trinajstić information content (AvgIpc) is 2.82. The first-order chi connectivity index (χ1) is 8.20. The van der Waals surface area contributed by atoms with Gasteiger partial charge in [0.2, 0.25) is 0 Å². The SMILES string of the molecule is CCN(CC1CCCN1)c1ccc(Cl)c(Cl)c1. The largest absolute Gasteiger partial charge is 0.370 e. The van der Waals surface area contributed by atoms with Crippen LogP contribution in [-0.4, -0.2) is 25.7 Å². The summed E-state index contributed by atoms with van der Waals surface area (Å²) in [5.41, 5.74) is 1.15. The van der Waals surface area contributed by atoms with E-state index in [1.165, 1.54) is 12.8 Å². The van der Waals surface area contributed by atoms with Crippen LogP contribution in [-0.2, 0) is 0 Å². The maximum absolute atomic E-state index is 6.06. The van der Waals surface area contributed by atoms with Crippen LogP contribution >= 0.6 is 23.2 Å². The van der Waals surface area contributed by atoms with Crippen molar-refractivity contribution in [1.29, 1.82) is 0 Å². The maximum Gasteiger partial charge on any atom is 0.0612 e. The molecule has 1 aliphatic rings. The van der Waals surface area contributed by atoms with Crippen molar-refractivity contribution in [2.45, 2.75) is 25.8 Å². The maximum atomic E-state index is 6.06. The molecule has 0 bridgehead atoms. The molecule has 1 aromatic rings. The van der Waals surface area contributed by atoms with Gasteiger partial charge in [0.1, 0.15) is 0 Å².